The minimum atomic E-state index is -0.291. The number of carbonyl (C=O) groups excluding carboxylic acids is 2. The van der Waals surface area contributed by atoms with Gasteiger partial charge in [0.1, 0.15) is 6.61 Å². The van der Waals surface area contributed by atoms with E-state index in [0.717, 1.165) is 22.9 Å². The second kappa shape index (κ2) is 10.7. The first kappa shape index (κ1) is 22.4. The van der Waals surface area contributed by atoms with Crippen molar-refractivity contribution in [1.82, 2.24) is 4.90 Å². The van der Waals surface area contributed by atoms with Crippen LogP contribution in [0.5, 0.6) is 11.5 Å². The molecule has 30 heavy (non-hydrogen) atoms. The Hall–Kier alpha value is -2.29. The van der Waals surface area contributed by atoms with Crippen LogP contribution >= 0.6 is 27.7 Å². The van der Waals surface area contributed by atoms with Crippen molar-refractivity contribution in [3.8, 4) is 11.5 Å². The highest BCUT2D eigenvalue weighted by Crippen LogP contribution is 2.39. The Bertz CT molecular complexity index is 948. The van der Waals surface area contributed by atoms with Crippen LogP contribution in [0.4, 0.5) is 4.79 Å². The van der Waals surface area contributed by atoms with Crippen LogP contribution in [0.25, 0.3) is 6.08 Å². The highest BCUT2D eigenvalue weighted by Gasteiger charge is 2.34. The van der Waals surface area contributed by atoms with Crippen LogP contribution < -0.4 is 9.47 Å². The van der Waals surface area contributed by atoms with Gasteiger partial charge in [-0.1, -0.05) is 30.3 Å². The number of nitrogens with zero attached hydrogens (tertiary/aromatic N) is 1. The Balaban J connectivity index is 1.77. The summed E-state index contributed by atoms with van der Waals surface area (Å²) in [5.74, 6) is 0.817. The standard InChI is InChI=1S/C22H22BrNO5S/c1-27-10-6-9-24-21(25)19(30-22(24)26)13-16-11-17(23)20(18(12-16)28-2)29-14-15-7-4-3-5-8-15/h3-5,7-8,11-13H,6,9-10,14H2,1-2H3/b19-13+. The Kier molecular flexibility index (Phi) is 7.95. The molecule has 8 heteroatoms. The molecule has 0 bridgehead atoms. The maximum absolute atomic E-state index is 12.6. The highest BCUT2D eigenvalue weighted by atomic mass is 79.9. The van der Waals surface area contributed by atoms with Crippen molar-refractivity contribution in [2.45, 2.75) is 13.0 Å². The molecule has 0 saturated carbocycles. The molecule has 0 aromatic heterocycles. The van der Waals surface area contributed by atoms with Crippen molar-refractivity contribution in [2.24, 2.45) is 0 Å². The lowest BCUT2D eigenvalue weighted by molar-refractivity contribution is -0.122. The van der Waals surface area contributed by atoms with Crippen molar-refractivity contribution in [2.75, 3.05) is 27.4 Å². The summed E-state index contributed by atoms with van der Waals surface area (Å²) < 4.78 is 17.1. The topological polar surface area (TPSA) is 65.1 Å². The molecule has 2 aromatic rings. The molecule has 1 fully saturated rings. The van der Waals surface area contributed by atoms with Crippen molar-refractivity contribution in [3.05, 3.63) is 63.0 Å². The van der Waals surface area contributed by atoms with E-state index in [1.165, 1.54) is 4.90 Å². The summed E-state index contributed by atoms with van der Waals surface area (Å²) in [6.07, 6.45) is 2.30. The summed E-state index contributed by atoms with van der Waals surface area (Å²) in [4.78, 5) is 26.4. The van der Waals surface area contributed by atoms with Crippen molar-refractivity contribution >= 4 is 44.9 Å². The lowest BCUT2D eigenvalue weighted by Crippen LogP contribution is -2.29. The molecule has 0 radical (unpaired) electrons. The van der Waals surface area contributed by atoms with Gasteiger partial charge in [-0.3, -0.25) is 14.5 Å². The third-order valence-corrected chi connectivity index (χ3v) is 5.88. The van der Waals surface area contributed by atoms with Gasteiger partial charge in [-0.15, -0.1) is 0 Å². The fraction of sp³-hybridized carbons (Fsp3) is 0.273. The number of amides is 2. The fourth-order valence-electron chi connectivity index (χ4n) is 2.90. The average molecular weight is 492 g/mol. The van der Waals surface area contributed by atoms with Gasteiger partial charge in [-0.2, -0.15) is 0 Å². The number of rotatable bonds is 9. The van der Waals surface area contributed by atoms with Crippen LogP contribution in [0.2, 0.25) is 0 Å². The number of hydrogen-bond donors (Lipinski definition) is 0. The van der Waals surface area contributed by atoms with Crippen LogP contribution in [-0.2, 0) is 16.1 Å². The van der Waals surface area contributed by atoms with Gasteiger partial charge in [0.25, 0.3) is 11.1 Å². The number of halogens is 1. The molecule has 0 aliphatic carbocycles. The summed E-state index contributed by atoms with van der Waals surface area (Å²) in [6, 6.07) is 13.4. The molecule has 0 unspecified atom stereocenters. The third-order valence-electron chi connectivity index (χ3n) is 4.38. The number of hydrogen-bond acceptors (Lipinski definition) is 6. The Morgan fingerprint density at radius 2 is 1.90 bits per heavy atom. The fourth-order valence-corrected chi connectivity index (χ4v) is 4.34. The number of ether oxygens (including phenoxy) is 3. The molecule has 158 valence electrons. The first-order chi connectivity index (χ1) is 14.5. The molecule has 2 amide bonds. The van der Waals surface area contributed by atoms with Crippen molar-refractivity contribution in [3.63, 3.8) is 0 Å². The van der Waals surface area contributed by atoms with E-state index >= 15 is 0 Å². The average Bonchev–Trinajstić information content (AvgIpc) is 3.00. The molecule has 3 rings (SSSR count). The number of benzene rings is 2. The van der Waals surface area contributed by atoms with Crippen LogP contribution in [0.1, 0.15) is 17.5 Å². The lowest BCUT2D eigenvalue weighted by Gasteiger charge is -2.14. The first-order valence-electron chi connectivity index (χ1n) is 9.32. The molecule has 0 N–H and O–H groups in total. The van der Waals surface area contributed by atoms with Crippen molar-refractivity contribution < 1.29 is 23.8 Å². The Morgan fingerprint density at radius 3 is 2.60 bits per heavy atom. The zero-order chi connectivity index (χ0) is 21.5. The SMILES string of the molecule is COCCCN1C(=O)S/C(=C/c2cc(Br)c(OCc3ccccc3)c(OC)c2)C1=O. The molecule has 1 saturated heterocycles. The summed E-state index contributed by atoms with van der Waals surface area (Å²) >= 11 is 4.46. The molecule has 1 aliphatic rings. The van der Waals surface area contributed by atoms with Crippen LogP contribution in [-0.4, -0.2) is 43.4 Å². The largest absolute Gasteiger partial charge is 0.493 e. The van der Waals surface area contributed by atoms with E-state index in [2.05, 4.69) is 15.9 Å². The summed E-state index contributed by atoms with van der Waals surface area (Å²) in [5.41, 5.74) is 1.77. The van der Waals surface area contributed by atoms with E-state index in [9.17, 15) is 9.59 Å². The quantitative estimate of drug-likeness (QED) is 0.358. The monoisotopic (exact) mass is 491 g/mol. The predicted octanol–water partition coefficient (Wildman–Crippen LogP) is 5.11. The van der Waals surface area contributed by atoms with E-state index in [4.69, 9.17) is 14.2 Å². The van der Waals surface area contributed by atoms with Gasteiger partial charge in [0.05, 0.1) is 16.5 Å². The minimum Gasteiger partial charge on any atom is -0.493 e. The van der Waals surface area contributed by atoms with Gasteiger partial charge in [0.2, 0.25) is 0 Å². The van der Waals surface area contributed by atoms with Gasteiger partial charge in [0, 0.05) is 20.3 Å². The summed E-state index contributed by atoms with van der Waals surface area (Å²) in [7, 11) is 3.15. The van der Waals surface area contributed by atoms with Crippen LogP contribution in [0, 0.1) is 0 Å². The lowest BCUT2D eigenvalue weighted by atomic mass is 10.1. The smallest absolute Gasteiger partial charge is 0.293 e. The van der Waals surface area contributed by atoms with E-state index in [0.29, 0.717) is 47.1 Å². The molecule has 1 aliphatic heterocycles. The first-order valence-corrected chi connectivity index (χ1v) is 10.9. The summed E-state index contributed by atoms with van der Waals surface area (Å²) in [5, 5.41) is -0.267. The van der Waals surface area contributed by atoms with Gasteiger partial charge in [0.15, 0.2) is 11.5 Å². The third kappa shape index (κ3) is 5.44. The van der Waals surface area contributed by atoms with E-state index in [1.54, 1.807) is 26.4 Å². The maximum atomic E-state index is 12.6. The molecule has 1 heterocycles. The molecular weight excluding hydrogens is 470 g/mol. The van der Waals surface area contributed by atoms with Gasteiger partial charge >= 0.3 is 0 Å². The van der Waals surface area contributed by atoms with Gasteiger partial charge in [-0.05, 0) is 63.4 Å². The second-order valence-corrected chi connectivity index (χ2v) is 8.34. The Labute approximate surface area is 188 Å². The molecule has 0 spiro atoms. The maximum Gasteiger partial charge on any atom is 0.293 e. The minimum absolute atomic E-state index is 0.267. The highest BCUT2D eigenvalue weighted by molar-refractivity contribution is 9.10. The van der Waals surface area contributed by atoms with Gasteiger partial charge in [-0.25, -0.2) is 0 Å². The zero-order valence-corrected chi connectivity index (χ0v) is 19.1. The van der Waals surface area contributed by atoms with E-state index in [-0.39, 0.29) is 11.1 Å². The molecule has 6 nitrogen and oxygen atoms in total. The number of imide groups is 1. The summed E-state index contributed by atoms with van der Waals surface area (Å²) in [6.45, 7) is 1.24. The zero-order valence-electron chi connectivity index (χ0n) is 16.7. The van der Waals surface area contributed by atoms with E-state index < -0.39 is 0 Å². The predicted molar refractivity (Wildman–Crippen MR) is 121 cm³/mol. The van der Waals surface area contributed by atoms with E-state index in [1.807, 2.05) is 36.4 Å². The number of thioether (sulfide) groups is 1. The molecule has 2 aromatic carbocycles. The van der Waals surface area contributed by atoms with Gasteiger partial charge < -0.3 is 14.2 Å². The molecule has 0 atom stereocenters. The van der Waals surface area contributed by atoms with Crippen molar-refractivity contribution in [1.29, 1.82) is 0 Å². The van der Waals surface area contributed by atoms with Crippen LogP contribution in [0.3, 0.4) is 0 Å². The number of methoxy groups -OCH3 is 2. The van der Waals surface area contributed by atoms with Crippen LogP contribution in [0.15, 0.2) is 51.8 Å². The molecular formula is C22H22BrNO5S. The second-order valence-electron chi connectivity index (χ2n) is 6.49. The number of carbonyl (C=O) groups is 2. The Morgan fingerprint density at radius 1 is 1.13 bits per heavy atom. The normalized spacial score (nSPS) is 15.2.